The number of carboxylic acid groups (broad SMARTS) is 1. The minimum atomic E-state index is -5.15. The SMILES string of the molecule is CON=C(C(=O)NC1C(=O)N2CC(COC(=O)c3ccccc3)(C(=O)O)CS[C@H]12)c1csc(NC(=O)C(F)(F)F)n1. The Morgan fingerprint density at radius 2 is 1.95 bits per heavy atom. The summed E-state index contributed by atoms with van der Waals surface area (Å²) in [5, 5.41) is 17.5. The van der Waals surface area contributed by atoms with Gasteiger partial charge in [-0.25, -0.2) is 9.78 Å². The number of carbonyl (C=O) groups excluding carboxylic acids is 4. The van der Waals surface area contributed by atoms with E-state index in [0.29, 0.717) is 11.3 Å². The van der Waals surface area contributed by atoms with Crippen LogP contribution in [0.1, 0.15) is 16.1 Å². The van der Waals surface area contributed by atoms with E-state index in [-0.39, 0.29) is 23.6 Å². The molecule has 2 saturated heterocycles. The number of hydrogen-bond acceptors (Lipinski definition) is 11. The van der Waals surface area contributed by atoms with Crippen LogP contribution in [0, 0.1) is 5.41 Å². The van der Waals surface area contributed by atoms with Crippen molar-refractivity contribution in [2.45, 2.75) is 17.6 Å². The van der Waals surface area contributed by atoms with Gasteiger partial charge in [0.05, 0.1) is 5.56 Å². The van der Waals surface area contributed by atoms with Crippen molar-refractivity contribution in [1.29, 1.82) is 0 Å². The molecule has 0 radical (unpaired) electrons. The summed E-state index contributed by atoms with van der Waals surface area (Å²) < 4.78 is 42.8. The lowest BCUT2D eigenvalue weighted by Crippen LogP contribution is -2.74. The van der Waals surface area contributed by atoms with Crippen LogP contribution in [-0.4, -0.2) is 94.0 Å². The predicted octanol–water partition coefficient (Wildman–Crippen LogP) is 1.32. The number of ether oxygens (including phenoxy) is 1. The molecule has 2 aliphatic heterocycles. The molecule has 18 heteroatoms. The maximum absolute atomic E-state index is 12.9. The van der Waals surface area contributed by atoms with Crippen LogP contribution in [-0.2, 0) is 28.8 Å². The van der Waals surface area contributed by atoms with Crippen LogP contribution in [0.25, 0.3) is 0 Å². The van der Waals surface area contributed by atoms with Gasteiger partial charge in [-0.1, -0.05) is 23.4 Å². The molecule has 2 unspecified atom stereocenters. The van der Waals surface area contributed by atoms with E-state index in [2.05, 4.69) is 20.3 Å². The number of aliphatic carboxylic acids is 1. The molecule has 3 N–H and O–H groups in total. The van der Waals surface area contributed by atoms with Crippen LogP contribution in [0.15, 0.2) is 40.9 Å². The van der Waals surface area contributed by atoms with Crippen molar-refractivity contribution in [1.82, 2.24) is 15.2 Å². The Balaban J connectivity index is 1.40. The van der Waals surface area contributed by atoms with E-state index in [4.69, 9.17) is 4.74 Å². The molecule has 0 aliphatic carbocycles. The summed E-state index contributed by atoms with van der Waals surface area (Å²) >= 11 is 1.66. The maximum atomic E-state index is 12.9. The second kappa shape index (κ2) is 11.7. The third kappa shape index (κ3) is 6.27. The molecule has 0 bridgehead atoms. The van der Waals surface area contributed by atoms with Crippen molar-refractivity contribution >= 4 is 63.6 Å². The predicted molar refractivity (Wildman–Crippen MR) is 137 cm³/mol. The quantitative estimate of drug-likeness (QED) is 0.161. The van der Waals surface area contributed by atoms with Crippen molar-refractivity contribution < 1.29 is 51.8 Å². The number of benzene rings is 1. The first-order valence-corrected chi connectivity index (χ1v) is 13.4. The first-order chi connectivity index (χ1) is 19.4. The van der Waals surface area contributed by atoms with Gasteiger partial charge in [-0.2, -0.15) is 13.2 Å². The van der Waals surface area contributed by atoms with Crippen molar-refractivity contribution in [3.8, 4) is 0 Å². The molecule has 41 heavy (non-hydrogen) atoms. The summed E-state index contributed by atoms with van der Waals surface area (Å²) in [7, 11) is 1.11. The highest BCUT2D eigenvalue weighted by molar-refractivity contribution is 8.00. The van der Waals surface area contributed by atoms with Crippen molar-refractivity contribution in [3.63, 3.8) is 0 Å². The Hall–Kier alpha value is -4.19. The second-order valence-corrected chi connectivity index (χ2v) is 10.7. The van der Waals surface area contributed by atoms with Crippen molar-refractivity contribution in [2.24, 2.45) is 10.6 Å². The smallest absolute Gasteiger partial charge is 0.471 e. The van der Waals surface area contributed by atoms with Crippen LogP contribution in [0.4, 0.5) is 18.3 Å². The number of anilines is 1. The number of nitrogens with one attached hydrogen (secondary N) is 2. The van der Waals surface area contributed by atoms with Gasteiger partial charge >= 0.3 is 24.0 Å². The van der Waals surface area contributed by atoms with E-state index in [1.165, 1.54) is 17.0 Å². The summed E-state index contributed by atoms with van der Waals surface area (Å²) in [6, 6.07) is 6.89. The number of nitrogens with zero attached hydrogens (tertiary/aromatic N) is 3. The van der Waals surface area contributed by atoms with Gasteiger partial charge in [-0.05, 0) is 12.1 Å². The van der Waals surface area contributed by atoms with Crippen LogP contribution >= 0.6 is 23.1 Å². The lowest BCUT2D eigenvalue weighted by Gasteiger charge is -2.53. The number of amides is 3. The number of β-lactam (4-membered cyclic amide) rings is 1. The third-order valence-corrected chi connectivity index (χ3v) is 8.34. The number of oxime groups is 1. The molecule has 2 fully saturated rings. The number of rotatable bonds is 9. The second-order valence-electron chi connectivity index (χ2n) is 8.76. The van der Waals surface area contributed by atoms with Gasteiger partial charge in [0.25, 0.3) is 5.91 Å². The Labute approximate surface area is 237 Å². The van der Waals surface area contributed by atoms with E-state index in [1.54, 1.807) is 23.5 Å². The number of carboxylic acids is 1. The molecular weight excluding hydrogens is 595 g/mol. The number of hydrogen-bond donors (Lipinski definition) is 3. The van der Waals surface area contributed by atoms with Gasteiger partial charge < -0.3 is 24.9 Å². The summed E-state index contributed by atoms with van der Waals surface area (Å²) in [4.78, 5) is 71.1. The fraction of sp³-hybridized carbons (Fsp3) is 0.348. The zero-order chi connectivity index (χ0) is 29.9. The van der Waals surface area contributed by atoms with Crippen LogP contribution in [0.2, 0.25) is 0 Å². The molecule has 4 rings (SSSR count). The lowest BCUT2D eigenvalue weighted by molar-refractivity contribution is -0.167. The first-order valence-electron chi connectivity index (χ1n) is 11.5. The van der Waals surface area contributed by atoms with Gasteiger partial charge in [0.15, 0.2) is 10.8 Å². The van der Waals surface area contributed by atoms with E-state index >= 15 is 0 Å². The van der Waals surface area contributed by atoms with Crippen molar-refractivity contribution in [2.75, 3.05) is 31.3 Å². The number of thiazole rings is 1. The summed E-state index contributed by atoms with van der Waals surface area (Å²) in [6.45, 7) is -0.765. The Morgan fingerprint density at radius 3 is 2.59 bits per heavy atom. The Bertz CT molecular complexity index is 1400. The summed E-state index contributed by atoms with van der Waals surface area (Å²) in [5.41, 5.74) is -2.05. The molecule has 1 aromatic heterocycles. The van der Waals surface area contributed by atoms with Crippen molar-refractivity contribution in [3.05, 3.63) is 47.0 Å². The average Bonchev–Trinajstić information content (AvgIpc) is 3.40. The summed E-state index contributed by atoms with van der Waals surface area (Å²) in [6.07, 6.45) is -5.15. The molecule has 0 saturated carbocycles. The number of halogens is 3. The van der Waals surface area contributed by atoms with Gasteiger partial charge in [-0.15, -0.1) is 23.1 Å². The molecule has 3 amide bonds. The first kappa shape index (κ1) is 29.8. The highest BCUT2D eigenvalue weighted by Crippen LogP contribution is 2.42. The molecule has 13 nitrogen and oxygen atoms in total. The van der Waals surface area contributed by atoms with E-state index < -0.39 is 70.1 Å². The maximum Gasteiger partial charge on any atom is 0.471 e. The van der Waals surface area contributed by atoms with E-state index in [0.717, 1.165) is 24.3 Å². The molecule has 1 aromatic carbocycles. The lowest BCUT2D eigenvalue weighted by atomic mass is 9.88. The van der Waals surface area contributed by atoms with Gasteiger partial charge in [0.1, 0.15) is 36.2 Å². The highest BCUT2D eigenvalue weighted by Gasteiger charge is 2.58. The standard InChI is InChI=1S/C23H20F3N5O8S2/c1-38-30-13(12-7-40-21(27-12)29-19(35)23(24,25)26)15(32)28-14-16(33)31-8-22(20(36)37,10-41-17(14)31)9-39-18(34)11-5-3-2-4-6-11/h2-7,14,17H,8-10H2,1H3,(H,28,32)(H,36,37)(H,27,29,35)/t14?,17-,22?/m1/s1. The number of fused-ring (bicyclic) bond motifs is 1. The van der Waals surface area contributed by atoms with Gasteiger partial charge in [0, 0.05) is 17.7 Å². The van der Waals surface area contributed by atoms with Gasteiger partial charge in [0.2, 0.25) is 5.91 Å². The zero-order valence-corrected chi connectivity index (χ0v) is 22.5. The van der Waals surface area contributed by atoms with Crippen LogP contribution in [0.3, 0.4) is 0 Å². The number of esters is 1. The Morgan fingerprint density at radius 1 is 1.24 bits per heavy atom. The molecule has 2 aromatic rings. The Kier molecular flexibility index (Phi) is 8.52. The molecular formula is C23H20F3N5O8S2. The number of thioether (sulfide) groups is 1. The molecule has 3 heterocycles. The van der Waals surface area contributed by atoms with Crippen LogP contribution in [0.5, 0.6) is 0 Å². The molecule has 2 aliphatic rings. The number of carbonyl (C=O) groups is 5. The van der Waals surface area contributed by atoms with E-state index in [1.807, 2.05) is 0 Å². The largest absolute Gasteiger partial charge is 0.481 e. The number of alkyl halides is 3. The average molecular weight is 616 g/mol. The van der Waals surface area contributed by atoms with Crippen LogP contribution < -0.4 is 10.6 Å². The normalized spacial score (nSPS) is 22.2. The number of aromatic nitrogens is 1. The topological polar surface area (TPSA) is 177 Å². The molecule has 0 spiro atoms. The minimum Gasteiger partial charge on any atom is -0.481 e. The van der Waals surface area contributed by atoms with Gasteiger partial charge in [-0.3, -0.25) is 24.5 Å². The fourth-order valence-electron chi connectivity index (χ4n) is 3.88. The summed E-state index contributed by atoms with van der Waals surface area (Å²) in [5.74, 6) is -5.84. The minimum absolute atomic E-state index is 0.0431. The monoisotopic (exact) mass is 615 g/mol. The highest BCUT2D eigenvalue weighted by atomic mass is 32.2. The molecule has 3 atom stereocenters. The van der Waals surface area contributed by atoms with E-state index in [9.17, 15) is 42.3 Å². The molecule has 218 valence electrons. The third-order valence-electron chi connectivity index (χ3n) is 6.00. The fourth-order valence-corrected chi connectivity index (χ4v) is 6.09. The zero-order valence-electron chi connectivity index (χ0n) is 20.8.